The zero-order valence-electron chi connectivity index (χ0n) is 11.5. The first kappa shape index (κ1) is 14.5. The maximum Gasteiger partial charge on any atom is 0.191 e. The molecule has 0 aliphatic carbocycles. The van der Waals surface area contributed by atoms with Gasteiger partial charge in [-0.2, -0.15) is 5.26 Å². The first-order valence-electron chi connectivity index (χ1n) is 6.70. The number of hydrogen-bond acceptors (Lipinski definition) is 5. The van der Waals surface area contributed by atoms with E-state index in [1.807, 2.05) is 12.1 Å². The predicted molar refractivity (Wildman–Crippen MR) is 79.1 cm³/mol. The molecule has 0 radical (unpaired) electrons. The van der Waals surface area contributed by atoms with E-state index in [0.717, 1.165) is 41.7 Å². The van der Waals surface area contributed by atoms with Gasteiger partial charge in [0.15, 0.2) is 11.0 Å². The summed E-state index contributed by atoms with van der Waals surface area (Å²) in [5.74, 6) is 1.78. The average molecular weight is 287 g/mol. The van der Waals surface area contributed by atoms with Gasteiger partial charge in [0.05, 0.1) is 6.07 Å². The summed E-state index contributed by atoms with van der Waals surface area (Å²) in [6, 6.07) is 6.05. The Hall–Kier alpha value is -1.87. The number of hydrogen-bond donors (Lipinski definition) is 0. The average Bonchev–Trinajstić information content (AvgIpc) is 2.88. The Labute approximate surface area is 123 Å². The van der Waals surface area contributed by atoms with Crippen molar-refractivity contribution < 1.29 is 0 Å². The molecule has 2 rings (SSSR count). The quantitative estimate of drug-likeness (QED) is 0.578. The molecule has 2 aromatic rings. The van der Waals surface area contributed by atoms with E-state index in [4.69, 9.17) is 5.26 Å². The van der Waals surface area contributed by atoms with Crippen molar-refractivity contribution in [1.82, 2.24) is 19.7 Å². The molecular formula is C14H17N5S. The number of pyridine rings is 1. The summed E-state index contributed by atoms with van der Waals surface area (Å²) in [5, 5.41) is 18.1. The highest BCUT2D eigenvalue weighted by atomic mass is 32.2. The van der Waals surface area contributed by atoms with Crippen LogP contribution in [0.25, 0.3) is 11.4 Å². The molecule has 5 nitrogen and oxygen atoms in total. The summed E-state index contributed by atoms with van der Waals surface area (Å²) in [7, 11) is 0. The molecule has 2 heterocycles. The van der Waals surface area contributed by atoms with Gasteiger partial charge in [-0.25, -0.2) is 0 Å². The molecule has 0 atom stereocenters. The third-order valence-corrected chi connectivity index (χ3v) is 3.82. The van der Waals surface area contributed by atoms with Gasteiger partial charge in [0.2, 0.25) is 0 Å². The second kappa shape index (κ2) is 7.65. The lowest BCUT2D eigenvalue weighted by Crippen LogP contribution is -2.02. The molecule has 0 unspecified atom stereocenters. The van der Waals surface area contributed by atoms with Gasteiger partial charge in [-0.3, -0.25) is 4.98 Å². The molecular weight excluding hydrogens is 270 g/mol. The van der Waals surface area contributed by atoms with Crippen LogP contribution in [0, 0.1) is 11.3 Å². The van der Waals surface area contributed by atoms with Gasteiger partial charge < -0.3 is 4.57 Å². The normalized spacial score (nSPS) is 10.4. The van der Waals surface area contributed by atoms with Crippen molar-refractivity contribution in [3.8, 4) is 17.5 Å². The minimum Gasteiger partial charge on any atom is -0.302 e. The number of thioether (sulfide) groups is 1. The van der Waals surface area contributed by atoms with Crippen LogP contribution in [-0.2, 0) is 6.54 Å². The smallest absolute Gasteiger partial charge is 0.191 e. The summed E-state index contributed by atoms with van der Waals surface area (Å²) >= 11 is 1.67. The maximum absolute atomic E-state index is 8.56. The summed E-state index contributed by atoms with van der Waals surface area (Å²) in [5.41, 5.74) is 1.03. The predicted octanol–water partition coefficient (Wildman–Crippen LogP) is 3.15. The molecule has 0 spiro atoms. The molecule has 0 amide bonds. The van der Waals surface area contributed by atoms with Crippen molar-refractivity contribution >= 4 is 11.8 Å². The number of nitrogens with zero attached hydrogens (tertiary/aromatic N) is 5. The molecule has 0 N–H and O–H groups in total. The van der Waals surface area contributed by atoms with Crippen LogP contribution < -0.4 is 0 Å². The maximum atomic E-state index is 8.56. The van der Waals surface area contributed by atoms with Crippen LogP contribution in [0.4, 0.5) is 0 Å². The van der Waals surface area contributed by atoms with Crippen LogP contribution >= 0.6 is 11.8 Å². The van der Waals surface area contributed by atoms with Crippen molar-refractivity contribution in [2.24, 2.45) is 0 Å². The topological polar surface area (TPSA) is 67.4 Å². The van der Waals surface area contributed by atoms with Gasteiger partial charge in [0.25, 0.3) is 0 Å². The standard InChI is InChI=1S/C14H17N5S/c1-2-10-19-13(12-5-8-16-9-6-12)17-18-14(19)20-11-4-3-7-15/h5-6,8-9H,2-4,10-11H2,1H3. The van der Waals surface area contributed by atoms with Crippen molar-refractivity contribution in [3.63, 3.8) is 0 Å². The van der Waals surface area contributed by atoms with Crippen molar-refractivity contribution in [3.05, 3.63) is 24.5 Å². The van der Waals surface area contributed by atoms with Crippen LogP contribution in [0.2, 0.25) is 0 Å². The van der Waals surface area contributed by atoms with Crippen molar-refractivity contribution in [2.75, 3.05) is 5.75 Å². The summed E-state index contributed by atoms with van der Waals surface area (Å²) in [4.78, 5) is 4.03. The van der Waals surface area contributed by atoms with Gasteiger partial charge in [-0.15, -0.1) is 10.2 Å². The van der Waals surface area contributed by atoms with Crippen LogP contribution in [0.15, 0.2) is 29.7 Å². The molecule has 20 heavy (non-hydrogen) atoms. The fourth-order valence-electron chi connectivity index (χ4n) is 1.85. The van der Waals surface area contributed by atoms with Gasteiger partial charge >= 0.3 is 0 Å². The Morgan fingerprint density at radius 2 is 2.10 bits per heavy atom. The molecule has 0 saturated carbocycles. The van der Waals surface area contributed by atoms with Gasteiger partial charge in [0.1, 0.15) is 0 Å². The molecule has 0 aliphatic rings. The van der Waals surface area contributed by atoms with Gasteiger partial charge in [-0.1, -0.05) is 18.7 Å². The molecule has 0 saturated heterocycles. The lowest BCUT2D eigenvalue weighted by atomic mass is 10.2. The second-order valence-corrected chi connectivity index (χ2v) is 5.37. The van der Waals surface area contributed by atoms with Crippen LogP contribution in [0.3, 0.4) is 0 Å². The highest BCUT2D eigenvalue weighted by Gasteiger charge is 2.13. The highest BCUT2D eigenvalue weighted by Crippen LogP contribution is 2.24. The Morgan fingerprint density at radius 1 is 1.30 bits per heavy atom. The van der Waals surface area contributed by atoms with E-state index in [-0.39, 0.29) is 0 Å². The summed E-state index contributed by atoms with van der Waals surface area (Å²) in [6.45, 7) is 3.03. The highest BCUT2D eigenvalue weighted by molar-refractivity contribution is 7.99. The molecule has 104 valence electrons. The van der Waals surface area contributed by atoms with Crippen molar-refractivity contribution in [1.29, 1.82) is 5.26 Å². The lowest BCUT2D eigenvalue weighted by molar-refractivity contribution is 0.626. The van der Waals surface area contributed by atoms with Gasteiger partial charge in [-0.05, 0) is 25.0 Å². The van der Waals surface area contributed by atoms with Crippen LogP contribution in [-0.4, -0.2) is 25.5 Å². The lowest BCUT2D eigenvalue weighted by Gasteiger charge is -2.08. The minimum atomic E-state index is 0.589. The molecule has 0 fully saturated rings. The van der Waals surface area contributed by atoms with E-state index in [1.165, 1.54) is 0 Å². The fraction of sp³-hybridized carbons (Fsp3) is 0.429. The molecule has 0 aromatic carbocycles. The summed E-state index contributed by atoms with van der Waals surface area (Å²) in [6.07, 6.45) is 6.03. The minimum absolute atomic E-state index is 0.589. The van der Waals surface area contributed by atoms with E-state index in [2.05, 4.69) is 32.7 Å². The third-order valence-electron chi connectivity index (χ3n) is 2.77. The molecule has 0 bridgehead atoms. The van der Waals surface area contributed by atoms with E-state index in [0.29, 0.717) is 6.42 Å². The zero-order valence-corrected chi connectivity index (χ0v) is 12.3. The second-order valence-electron chi connectivity index (χ2n) is 4.30. The number of nitriles is 1. The zero-order chi connectivity index (χ0) is 14.2. The van der Waals surface area contributed by atoms with E-state index >= 15 is 0 Å². The van der Waals surface area contributed by atoms with Crippen LogP contribution in [0.1, 0.15) is 26.2 Å². The van der Waals surface area contributed by atoms with Crippen LogP contribution in [0.5, 0.6) is 0 Å². The number of aromatic nitrogens is 4. The van der Waals surface area contributed by atoms with Gasteiger partial charge in [0, 0.05) is 36.7 Å². The Kier molecular flexibility index (Phi) is 5.56. The molecule has 0 aliphatic heterocycles. The summed E-state index contributed by atoms with van der Waals surface area (Å²) < 4.78 is 2.15. The number of rotatable bonds is 7. The van der Waals surface area contributed by atoms with E-state index < -0.39 is 0 Å². The van der Waals surface area contributed by atoms with E-state index in [1.54, 1.807) is 24.2 Å². The molecule has 2 aromatic heterocycles. The Balaban J connectivity index is 2.17. The van der Waals surface area contributed by atoms with Crippen molar-refractivity contribution in [2.45, 2.75) is 37.9 Å². The number of unbranched alkanes of at least 4 members (excludes halogenated alkanes) is 1. The Bertz CT molecular complexity index is 573. The van der Waals surface area contributed by atoms with E-state index in [9.17, 15) is 0 Å². The Morgan fingerprint density at radius 3 is 2.80 bits per heavy atom. The fourth-order valence-corrected chi connectivity index (χ4v) is 2.75. The first-order valence-corrected chi connectivity index (χ1v) is 7.68. The first-order chi connectivity index (χ1) is 9.86. The SMILES string of the molecule is CCCn1c(SCCCC#N)nnc1-c1ccncc1. The third kappa shape index (κ3) is 3.58. The monoisotopic (exact) mass is 287 g/mol. The molecule has 6 heteroatoms. The largest absolute Gasteiger partial charge is 0.302 e.